The van der Waals surface area contributed by atoms with Crippen molar-refractivity contribution >= 4 is 15.9 Å². The van der Waals surface area contributed by atoms with Crippen molar-refractivity contribution in [2.75, 3.05) is 17.8 Å². The Morgan fingerprint density at radius 1 is 1.33 bits per heavy atom. The van der Waals surface area contributed by atoms with E-state index in [1.165, 1.54) is 0 Å². The van der Waals surface area contributed by atoms with E-state index in [2.05, 4.69) is 10.0 Å². The number of hydrogen-bond donors (Lipinski definition) is 2. The molecule has 0 aromatic heterocycles. The van der Waals surface area contributed by atoms with Crippen molar-refractivity contribution in [2.24, 2.45) is 0 Å². The summed E-state index contributed by atoms with van der Waals surface area (Å²) in [6.45, 7) is 6.26. The molecule has 21 heavy (non-hydrogen) atoms. The first kappa shape index (κ1) is 16.3. The lowest BCUT2D eigenvalue weighted by Crippen LogP contribution is -2.44. The lowest BCUT2D eigenvalue weighted by molar-refractivity contribution is 0.270. The quantitative estimate of drug-likeness (QED) is 0.847. The Kier molecular flexibility index (Phi) is 5.61. The van der Waals surface area contributed by atoms with Gasteiger partial charge in [0.25, 0.3) is 0 Å². The van der Waals surface area contributed by atoms with E-state index in [1.807, 2.05) is 32.0 Å². The van der Waals surface area contributed by atoms with Crippen LogP contribution >= 0.6 is 0 Å². The molecule has 1 atom stereocenters. The van der Waals surface area contributed by atoms with Crippen molar-refractivity contribution in [1.82, 2.24) is 9.62 Å². The van der Waals surface area contributed by atoms with E-state index >= 15 is 0 Å². The van der Waals surface area contributed by atoms with Gasteiger partial charge in [0.05, 0.1) is 5.69 Å². The number of nitrogens with one attached hydrogen (secondary N) is 2. The maximum absolute atomic E-state index is 12.5. The van der Waals surface area contributed by atoms with Gasteiger partial charge in [-0.15, -0.1) is 0 Å². The van der Waals surface area contributed by atoms with Gasteiger partial charge in [-0.05, 0) is 44.0 Å². The van der Waals surface area contributed by atoms with Crippen molar-refractivity contribution in [3.05, 3.63) is 29.8 Å². The molecule has 1 unspecified atom stereocenters. The van der Waals surface area contributed by atoms with Gasteiger partial charge in [-0.1, -0.05) is 25.5 Å². The first-order valence-electron chi connectivity index (χ1n) is 7.62. The van der Waals surface area contributed by atoms with Crippen molar-refractivity contribution in [3.8, 4) is 0 Å². The highest BCUT2D eigenvalue weighted by molar-refractivity contribution is 7.90. The summed E-state index contributed by atoms with van der Waals surface area (Å²) in [5, 5.41) is 3.24. The van der Waals surface area contributed by atoms with E-state index in [-0.39, 0.29) is 6.04 Å². The molecule has 0 radical (unpaired) electrons. The van der Waals surface area contributed by atoms with Crippen LogP contribution in [0, 0.1) is 0 Å². The van der Waals surface area contributed by atoms with E-state index in [9.17, 15) is 8.42 Å². The van der Waals surface area contributed by atoms with Gasteiger partial charge in [-0.2, -0.15) is 12.7 Å². The van der Waals surface area contributed by atoms with E-state index in [1.54, 1.807) is 10.4 Å². The minimum absolute atomic E-state index is 0.0705. The summed E-state index contributed by atoms with van der Waals surface area (Å²) in [7, 11) is -3.46. The molecule has 1 aromatic rings. The predicted octanol–water partition coefficient (Wildman–Crippen LogP) is 2.33. The summed E-state index contributed by atoms with van der Waals surface area (Å²) in [6.07, 6.45) is 2.97. The fraction of sp³-hybridized carbons (Fsp3) is 0.600. The molecule has 5 nitrogen and oxygen atoms in total. The zero-order valence-electron chi connectivity index (χ0n) is 12.8. The molecule has 1 aliphatic heterocycles. The van der Waals surface area contributed by atoms with Crippen LogP contribution in [-0.2, 0) is 16.8 Å². The zero-order chi connectivity index (χ0) is 15.3. The van der Waals surface area contributed by atoms with Gasteiger partial charge in [0.2, 0.25) is 0 Å². The predicted molar refractivity (Wildman–Crippen MR) is 86.4 cm³/mol. The van der Waals surface area contributed by atoms with Crippen LogP contribution < -0.4 is 10.0 Å². The topological polar surface area (TPSA) is 61.4 Å². The molecular weight excluding hydrogens is 286 g/mol. The molecular formula is C15H25N3O2S. The maximum Gasteiger partial charge on any atom is 0.301 e. The molecule has 0 amide bonds. The van der Waals surface area contributed by atoms with Gasteiger partial charge in [0, 0.05) is 19.1 Å². The van der Waals surface area contributed by atoms with Gasteiger partial charge in [0.15, 0.2) is 0 Å². The Balaban J connectivity index is 2.09. The second kappa shape index (κ2) is 7.24. The van der Waals surface area contributed by atoms with Crippen LogP contribution in [0.3, 0.4) is 0 Å². The van der Waals surface area contributed by atoms with Crippen molar-refractivity contribution in [3.63, 3.8) is 0 Å². The van der Waals surface area contributed by atoms with Crippen molar-refractivity contribution in [1.29, 1.82) is 0 Å². The SMILES string of the molecule is CCNCc1cccc(NS(=O)(=O)N2CCCCC2C)c1. The highest BCUT2D eigenvalue weighted by Crippen LogP contribution is 2.22. The van der Waals surface area contributed by atoms with E-state index in [0.29, 0.717) is 12.2 Å². The monoisotopic (exact) mass is 311 g/mol. The highest BCUT2D eigenvalue weighted by Gasteiger charge is 2.29. The number of nitrogens with zero attached hydrogens (tertiary/aromatic N) is 1. The normalized spacial score (nSPS) is 20.4. The average molecular weight is 311 g/mol. The Morgan fingerprint density at radius 2 is 2.14 bits per heavy atom. The molecule has 2 N–H and O–H groups in total. The number of rotatable bonds is 6. The first-order chi connectivity index (χ1) is 10.0. The molecule has 0 spiro atoms. The number of hydrogen-bond acceptors (Lipinski definition) is 3. The minimum Gasteiger partial charge on any atom is -0.313 e. The zero-order valence-corrected chi connectivity index (χ0v) is 13.6. The first-order valence-corrected chi connectivity index (χ1v) is 9.06. The summed E-state index contributed by atoms with van der Waals surface area (Å²) in [5.74, 6) is 0. The van der Waals surface area contributed by atoms with Crippen LogP contribution in [0.5, 0.6) is 0 Å². The van der Waals surface area contributed by atoms with Crippen LogP contribution in [0.15, 0.2) is 24.3 Å². The van der Waals surface area contributed by atoms with Crippen molar-refractivity contribution in [2.45, 2.75) is 45.7 Å². The third-order valence-electron chi connectivity index (χ3n) is 3.80. The smallest absolute Gasteiger partial charge is 0.301 e. The number of benzene rings is 1. The molecule has 6 heteroatoms. The van der Waals surface area contributed by atoms with Crippen LogP contribution in [0.4, 0.5) is 5.69 Å². The second-order valence-corrected chi connectivity index (χ2v) is 7.17. The fourth-order valence-corrected chi connectivity index (χ4v) is 4.14. The summed E-state index contributed by atoms with van der Waals surface area (Å²) >= 11 is 0. The van der Waals surface area contributed by atoms with Crippen LogP contribution in [0.1, 0.15) is 38.7 Å². The van der Waals surface area contributed by atoms with Gasteiger partial charge < -0.3 is 5.32 Å². The second-order valence-electron chi connectivity index (χ2n) is 5.54. The Labute approximate surface area is 127 Å². The Morgan fingerprint density at radius 3 is 2.86 bits per heavy atom. The lowest BCUT2D eigenvalue weighted by Gasteiger charge is -2.32. The Hall–Kier alpha value is -1.11. The van der Waals surface area contributed by atoms with E-state index < -0.39 is 10.2 Å². The third-order valence-corrected chi connectivity index (χ3v) is 5.46. The average Bonchev–Trinajstić information content (AvgIpc) is 2.45. The lowest BCUT2D eigenvalue weighted by atomic mass is 10.1. The molecule has 1 saturated heterocycles. The molecule has 1 aliphatic rings. The van der Waals surface area contributed by atoms with Gasteiger partial charge in [0.1, 0.15) is 0 Å². The summed E-state index contributed by atoms with van der Waals surface area (Å²) in [4.78, 5) is 0. The molecule has 1 heterocycles. The van der Waals surface area contributed by atoms with Gasteiger partial charge in [-0.3, -0.25) is 4.72 Å². The molecule has 118 valence electrons. The number of piperidine rings is 1. The van der Waals surface area contributed by atoms with Crippen LogP contribution in [0.2, 0.25) is 0 Å². The molecule has 1 aromatic carbocycles. The third kappa shape index (κ3) is 4.43. The van der Waals surface area contributed by atoms with Gasteiger partial charge >= 0.3 is 10.2 Å². The molecule has 2 rings (SSSR count). The van der Waals surface area contributed by atoms with Crippen LogP contribution in [0.25, 0.3) is 0 Å². The molecule has 0 bridgehead atoms. The number of anilines is 1. The maximum atomic E-state index is 12.5. The molecule has 1 fully saturated rings. The van der Waals surface area contributed by atoms with E-state index in [4.69, 9.17) is 0 Å². The van der Waals surface area contributed by atoms with E-state index in [0.717, 1.165) is 37.9 Å². The minimum atomic E-state index is -3.46. The highest BCUT2D eigenvalue weighted by atomic mass is 32.2. The molecule has 0 saturated carbocycles. The Bertz CT molecular complexity index is 560. The standard InChI is InChI=1S/C15H25N3O2S/c1-3-16-12-14-8-6-9-15(11-14)17-21(19,20)18-10-5-4-7-13(18)2/h6,8-9,11,13,16-17H,3-5,7,10,12H2,1-2H3. The molecule has 0 aliphatic carbocycles. The summed E-state index contributed by atoms with van der Waals surface area (Å²) in [5.41, 5.74) is 1.70. The van der Waals surface area contributed by atoms with Crippen LogP contribution in [-0.4, -0.2) is 31.9 Å². The largest absolute Gasteiger partial charge is 0.313 e. The summed E-state index contributed by atoms with van der Waals surface area (Å²) < 4.78 is 29.3. The van der Waals surface area contributed by atoms with Gasteiger partial charge in [-0.25, -0.2) is 0 Å². The fourth-order valence-electron chi connectivity index (χ4n) is 2.65. The van der Waals surface area contributed by atoms with Crippen molar-refractivity contribution < 1.29 is 8.42 Å². The summed E-state index contributed by atoms with van der Waals surface area (Å²) in [6, 6.07) is 7.62.